The summed E-state index contributed by atoms with van der Waals surface area (Å²) >= 11 is 0. The molecule has 0 saturated carbocycles. The number of aryl methyl sites for hydroxylation is 1. The van der Waals surface area contributed by atoms with Crippen molar-refractivity contribution in [3.63, 3.8) is 0 Å². The van der Waals surface area contributed by atoms with Gasteiger partial charge in [-0.05, 0) is 19.9 Å². The van der Waals surface area contributed by atoms with E-state index in [4.69, 9.17) is 0 Å². The maximum Gasteiger partial charge on any atom is 0.287 e. The second-order valence-electron chi connectivity index (χ2n) is 4.13. The molecule has 0 spiro atoms. The normalized spacial score (nSPS) is 10.4. The summed E-state index contributed by atoms with van der Waals surface area (Å²) in [4.78, 5) is 22.1. The molecule has 0 unspecified atom stereocenters. The van der Waals surface area contributed by atoms with Crippen molar-refractivity contribution < 1.29 is 9.72 Å². The fourth-order valence-electron chi connectivity index (χ4n) is 1.70. The molecule has 0 saturated heterocycles. The quantitative estimate of drug-likeness (QED) is 0.420. The Morgan fingerprint density at radius 3 is 2.68 bits per heavy atom. The van der Waals surface area contributed by atoms with Crippen LogP contribution in [0.5, 0.6) is 0 Å². The summed E-state index contributed by atoms with van der Waals surface area (Å²) in [6.07, 6.45) is 2.42. The van der Waals surface area contributed by atoms with Crippen LogP contribution in [-0.2, 0) is 6.54 Å². The van der Waals surface area contributed by atoms with Crippen molar-refractivity contribution in [2.24, 2.45) is 0 Å². The Hall–Kier alpha value is -1.89. The average Bonchev–Trinajstić information content (AvgIpc) is 2.82. The van der Waals surface area contributed by atoms with Gasteiger partial charge in [0.2, 0.25) is 0 Å². The van der Waals surface area contributed by atoms with Gasteiger partial charge in [0.05, 0.1) is 11.1 Å². The lowest BCUT2D eigenvalue weighted by atomic mass is 10.3. The van der Waals surface area contributed by atoms with Crippen molar-refractivity contribution in [3.8, 4) is 0 Å². The molecular weight excluding hydrogens is 248 g/mol. The van der Waals surface area contributed by atoms with Crippen LogP contribution >= 0.6 is 0 Å². The van der Waals surface area contributed by atoms with Gasteiger partial charge in [0, 0.05) is 25.7 Å². The van der Waals surface area contributed by atoms with Crippen LogP contribution in [-0.4, -0.2) is 35.0 Å². The molecule has 0 bridgehead atoms. The molecule has 7 nitrogen and oxygen atoms in total. The van der Waals surface area contributed by atoms with Crippen LogP contribution in [0.4, 0.5) is 5.69 Å². The Morgan fingerprint density at radius 2 is 2.11 bits per heavy atom. The molecule has 0 fully saturated rings. The first kappa shape index (κ1) is 15.2. The van der Waals surface area contributed by atoms with Gasteiger partial charge in [0.25, 0.3) is 11.6 Å². The number of aromatic nitrogens is 1. The Bertz CT molecular complexity index is 442. The van der Waals surface area contributed by atoms with Crippen molar-refractivity contribution in [1.29, 1.82) is 0 Å². The van der Waals surface area contributed by atoms with Crippen LogP contribution < -0.4 is 10.6 Å². The highest BCUT2D eigenvalue weighted by Crippen LogP contribution is 2.16. The molecule has 0 aromatic carbocycles. The molecule has 0 atom stereocenters. The molecule has 2 N–H and O–H groups in total. The summed E-state index contributed by atoms with van der Waals surface area (Å²) in [5.74, 6) is -0.284. The summed E-state index contributed by atoms with van der Waals surface area (Å²) < 4.78 is 1.58. The van der Waals surface area contributed by atoms with Crippen molar-refractivity contribution in [2.45, 2.75) is 26.8 Å². The molecule has 1 heterocycles. The van der Waals surface area contributed by atoms with Crippen molar-refractivity contribution >= 4 is 11.6 Å². The van der Waals surface area contributed by atoms with Crippen molar-refractivity contribution in [2.75, 3.05) is 19.6 Å². The zero-order valence-corrected chi connectivity index (χ0v) is 11.3. The number of rotatable bonds is 8. The van der Waals surface area contributed by atoms with E-state index < -0.39 is 4.92 Å². The summed E-state index contributed by atoms with van der Waals surface area (Å²) in [7, 11) is 0. The van der Waals surface area contributed by atoms with Gasteiger partial charge in [-0.3, -0.25) is 14.9 Å². The number of carbonyl (C=O) groups is 1. The van der Waals surface area contributed by atoms with Gasteiger partial charge in [-0.15, -0.1) is 0 Å². The van der Waals surface area contributed by atoms with Crippen LogP contribution in [0.25, 0.3) is 0 Å². The number of amides is 1. The predicted octanol–water partition coefficient (Wildman–Crippen LogP) is 1.15. The van der Waals surface area contributed by atoms with E-state index in [0.717, 1.165) is 13.0 Å². The monoisotopic (exact) mass is 268 g/mol. The fraction of sp³-hybridized carbons (Fsp3) is 0.583. The van der Waals surface area contributed by atoms with Gasteiger partial charge in [-0.2, -0.15) is 0 Å². The van der Waals surface area contributed by atoms with E-state index in [2.05, 4.69) is 17.6 Å². The van der Waals surface area contributed by atoms with Crippen molar-refractivity contribution in [1.82, 2.24) is 15.2 Å². The molecule has 0 aliphatic rings. The number of hydrogen-bond acceptors (Lipinski definition) is 4. The molecule has 19 heavy (non-hydrogen) atoms. The van der Waals surface area contributed by atoms with Gasteiger partial charge in [0.1, 0.15) is 5.69 Å². The zero-order chi connectivity index (χ0) is 14.3. The van der Waals surface area contributed by atoms with Crippen LogP contribution in [0.15, 0.2) is 12.3 Å². The molecule has 0 radical (unpaired) electrons. The molecule has 1 aromatic rings. The minimum absolute atomic E-state index is 0.0592. The lowest BCUT2D eigenvalue weighted by molar-refractivity contribution is -0.384. The second-order valence-corrected chi connectivity index (χ2v) is 4.13. The highest BCUT2D eigenvalue weighted by atomic mass is 16.6. The van der Waals surface area contributed by atoms with Crippen molar-refractivity contribution in [3.05, 3.63) is 28.1 Å². The van der Waals surface area contributed by atoms with E-state index in [0.29, 0.717) is 25.3 Å². The highest BCUT2D eigenvalue weighted by Gasteiger charge is 2.18. The van der Waals surface area contributed by atoms with Gasteiger partial charge >= 0.3 is 0 Å². The molecule has 7 heteroatoms. The van der Waals surface area contributed by atoms with Gasteiger partial charge < -0.3 is 15.2 Å². The van der Waals surface area contributed by atoms with Crippen LogP contribution in [0.3, 0.4) is 0 Å². The summed E-state index contributed by atoms with van der Waals surface area (Å²) in [5, 5.41) is 16.6. The molecule has 1 rings (SSSR count). The Kier molecular flexibility index (Phi) is 6.01. The standard InChI is InChI=1S/C12H20N4O3/c1-3-5-13-6-7-14-12(17)11-8-10(16(18)19)9-15(11)4-2/h8-9,13H,3-7H2,1-2H3,(H,14,17). The van der Waals surface area contributed by atoms with E-state index in [1.165, 1.54) is 12.3 Å². The van der Waals surface area contributed by atoms with Gasteiger partial charge in [0.15, 0.2) is 0 Å². The molecule has 0 aliphatic carbocycles. The summed E-state index contributed by atoms with van der Waals surface area (Å²) in [6, 6.07) is 1.30. The lowest BCUT2D eigenvalue weighted by Gasteiger charge is -2.07. The number of nitro groups is 1. The first-order chi connectivity index (χ1) is 9.10. The number of carbonyl (C=O) groups excluding carboxylic acids is 1. The highest BCUT2D eigenvalue weighted by molar-refractivity contribution is 5.93. The molecule has 106 valence electrons. The van der Waals surface area contributed by atoms with E-state index in [-0.39, 0.29) is 11.6 Å². The minimum Gasteiger partial charge on any atom is -0.349 e. The zero-order valence-electron chi connectivity index (χ0n) is 11.3. The molecule has 1 amide bonds. The fourth-order valence-corrected chi connectivity index (χ4v) is 1.70. The third-order valence-electron chi connectivity index (χ3n) is 2.68. The predicted molar refractivity (Wildman–Crippen MR) is 72.3 cm³/mol. The maximum absolute atomic E-state index is 11.9. The molecule has 0 aliphatic heterocycles. The van der Waals surface area contributed by atoms with E-state index in [1.54, 1.807) is 4.57 Å². The van der Waals surface area contributed by atoms with E-state index in [9.17, 15) is 14.9 Å². The first-order valence-corrected chi connectivity index (χ1v) is 6.43. The molecule has 1 aromatic heterocycles. The molecular formula is C12H20N4O3. The second kappa shape index (κ2) is 7.52. The number of hydrogen-bond donors (Lipinski definition) is 2. The third-order valence-corrected chi connectivity index (χ3v) is 2.68. The SMILES string of the molecule is CCCNCCNC(=O)c1cc([N+](=O)[O-])cn1CC. The topological polar surface area (TPSA) is 89.2 Å². The average molecular weight is 268 g/mol. The van der Waals surface area contributed by atoms with Crippen LogP contribution in [0.2, 0.25) is 0 Å². The van der Waals surface area contributed by atoms with Crippen LogP contribution in [0.1, 0.15) is 30.8 Å². The third kappa shape index (κ3) is 4.36. The van der Waals surface area contributed by atoms with Gasteiger partial charge in [-0.1, -0.05) is 6.92 Å². The van der Waals surface area contributed by atoms with Gasteiger partial charge in [-0.25, -0.2) is 0 Å². The smallest absolute Gasteiger partial charge is 0.287 e. The van der Waals surface area contributed by atoms with Crippen LogP contribution in [0, 0.1) is 10.1 Å². The van der Waals surface area contributed by atoms with E-state index in [1.807, 2.05) is 6.92 Å². The number of nitrogens with one attached hydrogen (secondary N) is 2. The Labute approximate surface area is 112 Å². The van der Waals surface area contributed by atoms with E-state index >= 15 is 0 Å². The lowest BCUT2D eigenvalue weighted by Crippen LogP contribution is -2.33. The summed E-state index contributed by atoms with van der Waals surface area (Å²) in [6.45, 7) is 6.52. The number of nitrogens with zero attached hydrogens (tertiary/aromatic N) is 2. The minimum atomic E-state index is -0.494. The first-order valence-electron chi connectivity index (χ1n) is 6.43. The Balaban J connectivity index is 2.58. The summed E-state index contributed by atoms with van der Waals surface area (Å²) in [5.41, 5.74) is 0.265. The largest absolute Gasteiger partial charge is 0.349 e. The Morgan fingerprint density at radius 1 is 1.37 bits per heavy atom. The maximum atomic E-state index is 11.9.